The van der Waals surface area contributed by atoms with E-state index in [9.17, 15) is 9.59 Å². The first kappa shape index (κ1) is 20.8. The van der Waals surface area contributed by atoms with Crippen molar-refractivity contribution < 1.29 is 23.8 Å². The highest BCUT2D eigenvalue weighted by atomic mass is 35.5. The summed E-state index contributed by atoms with van der Waals surface area (Å²) in [5, 5.41) is 0.524. The van der Waals surface area contributed by atoms with Gasteiger partial charge in [0.15, 0.2) is 0 Å². The number of hydrogen-bond acceptors (Lipinski definition) is 7. The summed E-state index contributed by atoms with van der Waals surface area (Å²) in [6.07, 6.45) is 0. The molecule has 2 N–H and O–H groups in total. The van der Waals surface area contributed by atoms with E-state index in [-0.39, 0.29) is 37.1 Å². The number of carbonyl (C=O) groups excluding carboxylic acids is 2. The second kappa shape index (κ2) is 9.41. The van der Waals surface area contributed by atoms with Crippen molar-refractivity contribution in [3.05, 3.63) is 46.2 Å². The quantitative estimate of drug-likeness (QED) is 0.744. The molecule has 0 amide bonds. The van der Waals surface area contributed by atoms with Crippen molar-refractivity contribution in [1.82, 2.24) is 0 Å². The van der Waals surface area contributed by atoms with Gasteiger partial charge in [0.25, 0.3) is 0 Å². The zero-order chi connectivity index (χ0) is 20.0. The topological polar surface area (TPSA) is 100 Å². The Labute approximate surface area is 163 Å². The van der Waals surface area contributed by atoms with E-state index in [2.05, 4.69) is 4.99 Å². The molecule has 0 saturated carbocycles. The summed E-state index contributed by atoms with van der Waals surface area (Å²) in [5.41, 5.74) is 6.80. The third-order valence-corrected chi connectivity index (χ3v) is 4.23. The molecule has 0 aliphatic carbocycles. The molecule has 0 radical (unpaired) electrons. The summed E-state index contributed by atoms with van der Waals surface area (Å²) < 4.78 is 15.9. The number of rotatable bonds is 6. The minimum Gasteiger partial charge on any atom is -0.480 e. The Kier molecular flexibility index (Phi) is 7.24. The van der Waals surface area contributed by atoms with Crippen LogP contribution in [0.25, 0.3) is 0 Å². The predicted molar refractivity (Wildman–Crippen MR) is 101 cm³/mol. The molecule has 27 heavy (non-hydrogen) atoms. The molecular formula is C19H23ClN2O5. The number of esters is 2. The average Bonchev–Trinajstić information content (AvgIpc) is 2.62. The highest BCUT2D eigenvalue weighted by molar-refractivity contribution is 6.30. The van der Waals surface area contributed by atoms with Crippen LogP contribution in [0.1, 0.15) is 32.3 Å². The molecule has 7 nitrogen and oxygen atoms in total. The first-order valence-corrected chi connectivity index (χ1v) is 9.12. The summed E-state index contributed by atoms with van der Waals surface area (Å²) in [5.74, 6) is -2.85. The fourth-order valence-corrected chi connectivity index (χ4v) is 3.05. The highest BCUT2D eigenvalue weighted by Crippen LogP contribution is 2.39. The maximum absolute atomic E-state index is 12.7. The van der Waals surface area contributed by atoms with Crippen LogP contribution in [0.5, 0.6) is 0 Å². The zero-order valence-electron chi connectivity index (χ0n) is 15.5. The lowest BCUT2D eigenvalue weighted by atomic mass is 9.78. The van der Waals surface area contributed by atoms with E-state index in [0.29, 0.717) is 10.6 Å². The van der Waals surface area contributed by atoms with Gasteiger partial charge < -0.3 is 19.9 Å². The fourth-order valence-electron chi connectivity index (χ4n) is 2.93. The van der Waals surface area contributed by atoms with Gasteiger partial charge in [-0.25, -0.2) is 4.79 Å². The highest BCUT2D eigenvalue weighted by Gasteiger charge is 2.45. The average molecular weight is 395 g/mol. The van der Waals surface area contributed by atoms with Gasteiger partial charge in [0.1, 0.15) is 11.7 Å². The molecule has 2 atom stereocenters. The minimum atomic E-state index is -0.960. The van der Waals surface area contributed by atoms with Crippen molar-refractivity contribution in [3.8, 4) is 0 Å². The Hall–Kier alpha value is -2.54. The summed E-state index contributed by atoms with van der Waals surface area (Å²) in [4.78, 5) is 29.5. The third-order valence-electron chi connectivity index (χ3n) is 3.97. The predicted octanol–water partition coefficient (Wildman–Crippen LogP) is 2.78. The van der Waals surface area contributed by atoms with Crippen molar-refractivity contribution in [2.24, 2.45) is 16.6 Å². The lowest BCUT2D eigenvalue weighted by Gasteiger charge is -2.31. The monoisotopic (exact) mass is 394 g/mol. The van der Waals surface area contributed by atoms with Gasteiger partial charge in [-0.3, -0.25) is 4.79 Å². The summed E-state index contributed by atoms with van der Waals surface area (Å²) in [6, 6.07) is 6.79. The van der Waals surface area contributed by atoms with Crippen LogP contribution in [0, 0.1) is 5.92 Å². The third kappa shape index (κ3) is 4.60. The Bertz CT molecular complexity index is 758. The molecule has 0 spiro atoms. The van der Waals surface area contributed by atoms with Crippen LogP contribution in [0.4, 0.5) is 0 Å². The summed E-state index contributed by atoms with van der Waals surface area (Å²) in [6.45, 7) is 5.77. The number of nitrogens with zero attached hydrogens (tertiary/aromatic N) is 1. The second-order valence-electron chi connectivity index (χ2n) is 5.66. The van der Waals surface area contributed by atoms with E-state index in [1.165, 1.54) is 0 Å². The number of hydrogen-bond donors (Lipinski definition) is 1. The Morgan fingerprint density at radius 1 is 1.07 bits per heavy atom. The SMILES string of the molecule is CCOC(=O)C1=C(N)N=C(OCC)C(C(=O)OCC)C1c1ccc(Cl)cc1. The Morgan fingerprint density at radius 2 is 1.70 bits per heavy atom. The second-order valence-corrected chi connectivity index (χ2v) is 6.10. The van der Waals surface area contributed by atoms with Crippen molar-refractivity contribution in [2.75, 3.05) is 19.8 Å². The molecule has 0 aromatic heterocycles. The molecule has 0 fully saturated rings. The number of carbonyl (C=O) groups is 2. The molecule has 1 aromatic carbocycles. The largest absolute Gasteiger partial charge is 0.480 e. The fraction of sp³-hybridized carbons (Fsp3) is 0.421. The van der Waals surface area contributed by atoms with E-state index < -0.39 is 23.8 Å². The molecule has 1 heterocycles. The smallest absolute Gasteiger partial charge is 0.338 e. The van der Waals surface area contributed by atoms with E-state index in [0.717, 1.165) is 0 Å². The maximum Gasteiger partial charge on any atom is 0.338 e. The van der Waals surface area contributed by atoms with Crippen LogP contribution in [0.15, 0.2) is 40.7 Å². The minimum absolute atomic E-state index is 0.0441. The van der Waals surface area contributed by atoms with Gasteiger partial charge in [-0.15, -0.1) is 0 Å². The van der Waals surface area contributed by atoms with Crippen LogP contribution < -0.4 is 5.73 Å². The number of halogens is 1. The van der Waals surface area contributed by atoms with E-state index >= 15 is 0 Å². The van der Waals surface area contributed by atoms with Crippen LogP contribution in [-0.2, 0) is 23.8 Å². The van der Waals surface area contributed by atoms with Crippen LogP contribution in [0.2, 0.25) is 5.02 Å². The lowest BCUT2D eigenvalue weighted by molar-refractivity contribution is -0.146. The number of nitrogens with two attached hydrogens (primary N) is 1. The summed E-state index contributed by atoms with van der Waals surface area (Å²) in [7, 11) is 0. The molecule has 2 rings (SSSR count). The maximum atomic E-state index is 12.7. The van der Waals surface area contributed by atoms with Gasteiger partial charge in [0.2, 0.25) is 5.90 Å². The van der Waals surface area contributed by atoms with Crippen molar-refractivity contribution in [3.63, 3.8) is 0 Å². The molecule has 1 aliphatic rings. The molecule has 146 valence electrons. The molecule has 2 unspecified atom stereocenters. The van der Waals surface area contributed by atoms with Crippen LogP contribution in [0.3, 0.4) is 0 Å². The van der Waals surface area contributed by atoms with Crippen molar-refractivity contribution >= 4 is 29.4 Å². The zero-order valence-corrected chi connectivity index (χ0v) is 16.3. The molecule has 8 heteroatoms. The van der Waals surface area contributed by atoms with Gasteiger partial charge in [-0.2, -0.15) is 4.99 Å². The first-order valence-electron chi connectivity index (χ1n) is 8.74. The van der Waals surface area contributed by atoms with E-state index in [1.807, 2.05) is 0 Å². The van der Waals surface area contributed by atoms with Crippen LogP contribution in [-0.4, -0.2) is 37.7 Å². The molecular weight excluding hydrogens is 372 g/mol. The van der Waals surface area contributed by atoms with Gasteiger partial charge >= 0.3 is 11.9 Å². The standard InChI is InChI=1S/C19H23ClN2O5/c1-4-25-17-15(19(24)27-6-3)13(11-7-9-12(20)10-8-11)14(16(21)22-17)18(23)26-5-2/h7-10,13,15H,4-6,21H2,1-3H3. The van der Waals surface area contributed by atoms with E-state index in [4.69, 9.17) is 31.5 Å². The molecule has 1 aliphatic heterocycles. The van der Waals surface area contributed by atoms with Gasteiger partial charge in [-0.05, 0) is 38.5 Å². The van der Waals surface area contributed by atoms with Gasteiger partial charge in [0.05, 0.1) is 25.4 Å². The number of benzene rings is 1. The van der Waals surface area contributed by atoms with Crippen molar-refractivity contribution in [1.29, 1.82) is 0 Å². The Morgan fingerprint density at radius 3 is 2.26 bits per heavy atom. The molecule has 0 bridgehead atoms. The first-order chi connectivity index (χ1) is 12.9. The van der Waals surface area contributed by atoms with Gasteiger partial charge in [-0.1, -0.05) is 23.7 Å². The van der Waals surface area contributed by atoms with Gasteiger partial charge in [0, 0.05) is 10.9 Å². The Balaban J connectivity index is 2.65. The number of ether oxygens (including phenoxy) is 3. The normalized spacial score (nSPS) is 19.3. The summed E-state index contributed by atoms with van der Waals surface area (Å²) >= 11 is 5.99. The van der Waals surface area contributed by atoms with E-state index in [1.54, 1.807) is 45.0 Å². The van der Waals surface area contributed by atoms with Crippen LogP contribution >= 0.6 is 11.6 Å². The molecule has 1 aromatic rings. The molecule has 0 saturated heterocycles. The number of aliphatic imine (C=N–C) groups is 1. The lowest BCUT2D eigenvalue weighted by Crippen LogP contribution is -2.40. The van der Waals surface area contributed by atoms with Crippen molar-refractivity contribution in [2.45, 2.75) is 26.7 Å².